The lowest BCUT2D eigenvalue weighted by Gasteiger charge is -1.97. The van der Waals surface area contributed by atoms with Gasteiger partial charge >= 0.3 is 11.4 Å². The minimum atomic E-state index is -0.860. The molecule has 0 radical (unpaired) electrons. The van der Waals surface area contributed by atoms with Crippen LogP contribution < -0.4 is 11.4 Å². The van der Waals surface area contributed by atoms with Crippen LogP contribution in [0.3, 0.4) is 0 Å². The Hall–Kier alpha value is -1.43. The number of hydrogen-bond acceptors (Lipinski definition) is 3. The third-order valence-electron chi connectivity index (χ3n) is 1.70. The van der Waals surface area contributed by atoms with E-state index in [9.17, 15) is 14.0 Å². The van der Waals surface area contributed by atoms with Crippen LogP contribution in [0.25, 0.3) is 10.9 Å². The minimum Gasteiger partial charge on any atom is -0.372 e. The Labute approximate surface area is 84.5 Å². The van der Waals surface area contributed by atoms with Crippen molar-refractivity contribution in [3.63, 3.8) is 0 Å². The summed E-state index contributed by atoms with van der Waals surface area (Å²) in [4.78, 5) is 24.1. The second-order valence-electron chi connectivity index (χ2n) is 2.61. The van der Waals surface area contributed by atoms with Crippen molar-refractivity contribution in [2.45, 2.75) is 0 Å². The lowest BCUT2D eigenvalue weighted by Crippen LogP contribution is -2.14. The largest absolute Gasteiger partial charge is 0.419 e. The van der Waals surface area contributed by atoms with Crippen LogP contribution in [-0.4, -0.2) is 4.98 Å². The average molecular weight is 260 g/mol. The predicted octanol–water partition coefficient (Wildman–Crippen LogP) is 1.38. The van der Waals surface area contributed by atoms with Crippen LogP contribution in [0.5, 0.6) is 0 Å². The summed E-state index contributed by atoms with van der Waals surface area (Å²) >= 11 is 2.94. The second-order valence-corrected chi connectivity index (χ2v) is 3.47. The summed E-state index contributed by atoms with van der Waals surface area (Å²) in [5.41, 5.74) is -0.616. The summed E-state index contributed by atoms with van der Waals surface area (Å²) in [6.45, 7) is 0. The van der Waals surface area contributed by atoms with E-state index in [1.807, 2.05) is 0 Å². The van der Waals surface area contributed by atoms with Crippen LogP contribution in [0.2, 0.25) is 0 Å². The van der Waals surface area contributed by atoms with Gasteiger partial charge in [0.25, 0.3) is 0 Å². The fourth-order valence-corrected chi connectivity index (χ4v) is 1.44. The van der Waals surface area contributed by atoms with Gasteiger partial charge in [-0.1, -0.05) is 0 Å². The van der Waals surface area contributed by atoms with Gasteiger partial charge in [-0.15, -0.1) is 0 Å². The van der Waals surface area contributed by atoms with E-state index in [0.29, 0.717) is 0 Å². The van der Waals surface area contributed by atoms with Gasteiger partial charge in [0.15, 0.2) is 0 Å². The Kier molecular flexibility index (Phi) is 1.99. The van der Waals surface area contributed by atoms with Crippen LogP contribution in [0.1, 0.15) is 0 Å². The summed E-state index contributed by atoms with van der Waals surface area (Å²) in [5, 5.41) is 0.00491. The molecular formula is C8H3BrFNO3. The zero-order valence-corrected chi connectivity index (χ0v) is 8.22. The van der Waals surface area contributed by atoms with Gasteiger partial charge in [-0.2, -0.15) is 0 Å². The smallest absolute Gasteiger partial charge is 0.372 e. The van der Waals surface area contributed by atoms with E-state index in [1.54, 1.807) is 0 Å². The van der Waals surface area contributed by atoms with Crippen LogP contribution in [0, 0.1) is 5.82 Å². The molecule has 0 aliphatic carbocycles. The zero-order chi connectivity index (χ0) is 10.3. The van der Waals surface area contributed by atoms with Gasteiger partial charge in [-0.25, -0.2) is 14.0 Å². The van der Waals surface area contributed by atoms with Crippen molar-refractivity contribution in [2.75, 3.05) is 0 Å². The van der Waals surface area contributed by atoms with Gasteiger partial charge in [0.2, 0.25) is 0 Å². The highest BCUT2D eigenvalue weighted by Crippen LogP contribution is 2.18. The minimum absolute atomic E-state index is 0.00491. The van der Waals surface area contributed by atoms with Crippen molar-refractivity contribution in [1.29, 1.82) is 0 Å². The number of fused-ring (bicyclic) bond motifs is 1. The molecule has 0 spiro atoms. The molecule has 14 heavy (non-hydrogen) atoms. The molecule has 72 valence electrons. The van der Waals surface area contributed by atoms with Crippen molar-refractivity contribution in [3.05, 3.63) is 43.4 Å². The van der Waals surface area contributed by atoms with Crippen molar-refractivity contribution in [1.82, 2.24) is 4.98 Å². The summed E-state index contributed by atoms with van der Waals surface area (Å²) in [7, 11) is 0. The highest BCUT2D eigenvalue weighted by molar-refractivity contribution is 9.10. The van der Waals surface area contributed by atoms with Gasteiger partial charge in [-0.05, 0) is 28.1 Å². The van der Waals surface area contributed by atoms with Crippen LogP contribution in [0.15, 0.2) is 30.6 Å². The van der Waals surface area contributed by atoms with E-state index >= 15 is 0 Å². The van der Waals surface area contributed by atoms with Gasteiger partial charge in [0, 0.05) is 0 Å². The molecule has 4 nitrogen and oxygen atoms in total. The van der Waals surface area contributed by atoms with E-state index in [0.717, 1.165) is 6.07 Å². The number of aromatic amines is 1. The Morgan fingerprint density at radius 2 is 2.07 bits per heavy atom. The fourth-order valence-electron chi connectivity index (χ4n) is 1.09. The van der Waals surface area contributed by atoms with Crippen LogP contribution >= 0.6 is 15.9 Å². The highest BCUT2D eigenvalue weighted by Gasteiger charge is 2.07. The maximum atomic E-state index is 13.0. The third kappa shape index (κ3) is 1.37. The van der Waals surface area contributed by atoms with E-state index in [2.05, 4.69) is 25.3 Å². The maximum Gasteiger partial charge on any atom is 0.419 e. The molecule has 1 aromatic heterocycles. The first-order chi connectivity index (χ1) is 6.58. The molecule has 1 aromatic carbocycles. The molecule has 0 saturated carbocycles. The highest BCUT2D eigenvalue weighted by atomic mass is 79.9. The lowest BCUT2D eigenvalue weighted by molar-refractivity contribution is 0.459. The lowest BCUT2D eigenvalue weighted by atomic mass is 10.2. The summed E-state index contributed by atoms with van der Waals surface area (Å²) < 4.78 is 17.4. The summed E-state index contributed by atoms with van der Waals surface area (Å²) in [5.74, 6) is -1.45. The fraction of sp³-hybridized carbons (Fsp3) is 0. The van der Waals surface area contributed by atoms with E-state index in [4.69, 9.17) is 0 Å². The third-order valence-corrected chi connectivity index (χ3v) is 2.31. The monoisotopic (exact) mass is 259 g/mol. The molecule has 0 saturated heterocycles. The number of halogens is 2. The van der Waals surface area contributed by atoms with E-state index in [-0.39, 0.29) is 15.4 Å². The van der Waals surface area contributed by atoms with Crippen molar-refractivity contribution in [2.24, 2.45) is 0 Å². The quantitative estimate of drug-likeness (QED) is 0.778. The van der Waals surface area contributed by atoms with Gasteiger partial charge in [0.1, 0.15) is 5.82 Å². The first-order valence-corrected chi connectivity index (χ1v) is 4.39. The molecular weight excluding hydrogens is 257 g/mol. The molecule has 6 heteroatoms. The van der Waals surface area contributed by atoms with Gasteiger partial charge in [-0.3, -0.25) is 4.98 Å². The summed E-state index contributed by atoms with van der Waals surface area (Å²) in [6, 6.07) is 2.31. The molecule has 0 fully saturated rings. The molecule has 1 N–H and O–H groups in total. The molecule has 2 rings (SSSR count). The molecule has 2 aromatic rings. The predicted molar refractivity (Wildman–Crippen MR) is 50.8 cm³/mol. The van der Waals surface area contributed by atoms with E-state index < -0.39 is 17.2 Å². The average Bonchev–Trinajstić information content (AvgIpc) is 2.08. The molecule has 0 atom stereocenters. The Bertz CT molecular complexity index is 616. The number of aromatic nitrogens is 1. The Balaban J connectivity index is 3.03. The van der Waals surface area contributed by atoms with Crippen molar-refractivity contribution in [3.8, 4) is 0 Å². The normalized spacial score (nSPS) is 10.7. The topological polar surface area (TPSA) is 63.1 Å². The van der Waals surface area contributed by atoms with Crippen LogP contribution in [0.4, 0.5) is 4.39 Å². The standard InChI is InChI=1S/C8H3BrFNO3/c9-4-2-6-3(1-5(4)10)7(12)14-8(13)11-6/h1-2H,(H,11,13). The summed E-state index contributed by atoms with van der Waals surface area (Å²) in [6.07, 6.45) is 0. The molecule has 0 unspecified atom stereocenters. The Morgan fingerprint density at radius 1 is 1.36 bits per heavy atom. The number of nitrogens with one attached hydrogen (secondary N) is 1. The molecule has 0 aliphatic heterocycles. The molecule has 0 aliphatic rings. The first kappa shape index (κ1) is 9.14. The molecule has 0 bridgehead atoms. The first-order valence-electron chi connectivity index (χ1n) is 3.60. The maximum absolute atomic E-state index is 13.0. The van der Waals surface area contributed by atoms with Crippen molar-refractivity contribution < 1.29 is 8.81 Å². The zero-order valence-electron chi connectivity index (χ0n) is 6.64. The van der Waals surface area contributed by atoms with E-state index in [1.165, 1.54) is 6.07 Å². The molecule has 0 amide bonds. The second kappa shape index (κ2) is 3.06. The Morgan fingerprint density at radius 3 is 2.79 bits per heavy atom. The van der Waals surface area contributed by atoms with Crippen molar-refractivity contribution >= 4 is 26.8 Å². The number of rotatable bonds is 0. The number of H-pyrrole nitrogens is 1. The number of hydrogen-bond donors (Lipinski definition) is 1. The van der Waals surface area contributed by atoms with Gasteiger partial charge in [0.05, 0.1) is 15.4 Å². The van der Waals surface area contributed by atoms with Crippen LogP contribution in [-0.2, 0) is 0 Å². The SMILES string of the molecule is O=c1[nH]c2cc(Br)c(F)cc2c(=O)o1. The van der Waals surface area contributed by atoms with Gasteiger partial charge < -0.3 is 4.42 Å². The number of benzene rings is 1. The molecule has 1 heterocycles.